The molecule has 0 atom stereocenters. The van der Waals surface area contributed by atoms with E-state index < -0.39 is 0 Å². The molecule has 0 fully saturated rings. The molecule has 0 saturated heterocycles. The van der Waals surface area contributed by atoms with Crippen molar-refractivity contribution < 1.29 is 0 Å². The Morgan fingerprint density at radius 3 is 2.68 bits per heavy atom. The maximum absolute atomic E-state index is 6.15. The molecule has 2 rings (SSSR count). The highest BCUT2D eigenvalue weighted by atomic mass is 35.5. The number of halogens is 1. The molecule has 0 aliphatic heterocycles. The molecule has 0 aliphatic rings. The van der Waals surface area contributed by atoms with E-state index in [-0.39, 0.29) is 5.92 Å². The molecule has 2 aromatic heterocycles. The lowest BCUT2D eigenvalue weighted by atomic mass is 10.2. The van der Waals surface area contributed by atoms with E-state index in [1.807, 2.05) is 38.6 Å². The summed E-state index contributed by atoms with van der Waals surface area (Å²) in [6, 6.07) is 1.97. The van der Waals surface area contributed by atoms with Crippen LogP contribution in [-0.4, -0.2) is 19.7 Å². The Balaban J connectivity index is 2.22. The van der Waals surface area contributed by atoms with E-state index in [0.717, 1.165) is 22.9 Å². The lowest BCUT2D eigenvalue weighted by Gasteiger charge is -2.13. The molecule has 0 amide bonds. The second-order valence-corrected chi connectivity index (χ2v) is 5.16. The summed E-state index contributed by atoms with van der Waals surface area (Å²) in [4.78, 5) is 8.82. The fraction of sp³-hybridized carbons (Fsp3) is 0.462. The van der Waals surface area contributed by atoms with E-state index >= 15 is 0 Å². The van der Waals surface area contributed by atoms with Gasteiger partial charge >= 0.3 is 0 Å². The first-order chi connectivity index (χ1) is 8.99. The minimum atomic E-state index is 0.246. The molecule has 102 valence electrons. The van der Waals surface area contributed by atoms with Gasteiger partial charge in [0.25, 0.3) is 0 Å². The van der Waals surface area contributed by atoms with Crippen molar-refractivity contribution in [3.8, 4) is 0 Å². The van der Waals surface area contributed by atoms with Crippen molar-refractivity contribution in [1.82, 2.24) is 19.7 Å². The van der Waals surface area contributed by atoms with Crippen LogP contribution in [0, 0.1) is 6.92 Å². The fourth-order valence-corrected chi connectivity index (χ4v) is 1.86. The predicted molar refractivity (Wildman–Crippen MR) is 76.4 cm³/mol. The Morgan fingerprint density at radius 1 is 1.37 bits per heavy atom. The smallest absolute Gasteiger partial charge is 0.137 e. The summed E-state index contributed by atoms with van der Waals surface area (Å²) in [6.07, 6.45) is 1.77. The molecule has 0 aromatic carbocycles. The van der Waals surface area contributed by atoms with Gasteiger partial charge < -0.3 is 5.32 Å². The van der Waals surface area contributed by atoms with Gasteiger partial charge in [-0.2, -0.15) is 5.10 Å². The van der Waals surface area contributed by atoms with Gasteiger partial charge in [0, 0.05) is 24.7 Å². The Morgan fingerprint density at radius 2 is 2.11 bits per heavy atom. The van der Waals surface area contributed by atoms with Gasteiger partial charge in [0.05, 0.1) is 12.2 Å². The maximum atomic E-state index is 6.15. The molecule has 1 N–H and O–H groups in total. The highest BCUT2D eigenvalue weighted by Crippen LogP contribution is 2.23. The third-order valence-electron chi connectivity index (χ3n) is 2.98. The van der Waals surface area contributed by atoms with Gasteiger partial charge in [-0.15, -0.1) is 0 Å². The molecule has 2 aromatic rings. The quantitative estimate of drug-likeness (QED) is 0.875. The second-order valence-electron chi connectivity index (χ2n) is 4.80. The third-order valence-corrected chi connectivity index (χ3v) is 3.35. The Kier molecular flexibility index (Phi) is 4.04. The van der Waals surface area contributed by atoms with E-state index in [4.69, 9.17) is 11.6 Å². The van der Waals surface area contributed by atoms with Crippen molar-refractivity contribution in [2.45, 2.75) is 33.2 Å². The molecule has 2 heterocycles. The number of rotatable bonds is 4. The highest BCUT2D eigenvalue weighted by Gasteiger charge is 2.12. The van der Waals surface area contributed by atoms with E-state index in [0.29, 0.717) is 11.7 Å². The van der Waals surface area contributed by atoms with Crippen LogP contribution in [-0.2, 0) is 13.6 Å². The van der Waals surface area contributed by atoms with Gasteiger partial charge in [-0.05, 0) is 13.0 Å². The number of hydrogen-bond acceptors (Lipinski definition) is 4. The molecule has 0 saturated carbocycles. The van der Waals surface area contributed by atoms with Crippen molar-refractivity contribution in [3.05, 3.63) is 34.5 Å². The van der Waals surface area contributed by atoms with E-state index in [9.17, 15) is 0 Å². The van der Waals surface area contributed by atoms with E-state index in [1.165, 1.54) is 0 Å². The summed E-state index contributed by atoms with van der Waals surface area (Å²) < 4.78 is 1.83. The van der Waals surface area contributed by atoms with Crippen LogP contribution in [0.4, 0.5) is 5.82 Å². The molecule has 0 bridgehead atoms. The van der Waals surface area contributed by atoms with Gasteiger partial charge in [-0.25, -0.2) is 9.97 Å². The number of nitrogens with zero attached hydrogens (tertiary/aromatic N) is 4. The predicted octanol–water partition coefficient (Wildman–Crippen LogP) is 2.91. The molecule has 0 radical (unpaired) electrons. The van der Waals surface area contributed by atoms with Crippen LogP contribution in [0.1, 0.15) is 36.8 Å². The molecule has 19 heavy (non-hydrogen) atoms. The lowest BCUT2D eigenvalue weighted by molar-refractivity contribution is 0.718. The zero-order valence-electron chi connectivity index (χ0n) is 11.6. The van der Waals surface area contributed by atoms with Crippen molar-refractivity contribution in [1.29, 1.82) is 0 Å². The van der Waals surface area contributed by atoms with Crippen molar-refractivity contribution in [2.75, 3.05) is 5.32 Å². The van der Waals surface area contributed by atoms with Gasteiger partial charge in [0.2, 0.25) is 0 Å². The standard InChI is InChI=1S/C13H18ClN5/c1-8(2)12-17-11(14)9(3)13(18-12)15-7-10-5-6-16-19(10)4/h5-6,8H,7H2,1-4H3,(H,15,17,18). The molecule has 0 spiro atoms. The maximum Gasteiger partial charge on any atom is 0.137 e. The molecule has 0 aliphatic carbocycles. The first-order valence-electron chi connectivity index (χ1n) is 6.23. The largest absolute Gasteiger partial charge is 0.364 e. The number of anilines is 1. The monoisotopic (exact) mass is 279 g/mol. The van der Waals surface area contributed by atoms with Crippen molar-refractivity contribution in [3.63, 3.8) is 0 Å². The van der Waals surface area contributed by atoms with Gasteiger partial charge in [-0.3, -0.25) is 4.68 Å². The topological polar surface area (TPSA) is 55.6 Å². The van der Waals surface area contributed by atoms with Crippen LogP contribution in [0.3, 0.4) is 0 Å². The summed E-state index contributed by atoms with van der Waals surface area (Å²) in [5.41, 5.74) is 1.95. The average Bonchev–Trinajstić information content (AvgIpc) is 2.76. The van der Waals surface area contributed by atoms with E-state index in [2.05, 4.69) is 20.4 Å². The number of aryl methyl sites for hydroxylation is 1. The van der Waals surface area contributed by atoms with Crippen LogP contribution in [0.15, 0.2) is 12.3 Å². The van der Waals surface area contributed by atoms with Crippen LogP contribution in [0.5, 0.6) is 0 Å². The first kappa shape index (κ1) is 13.8. The molecule has 6 heteroatoms. The fourth-order valence-electron chi connectivity index (χ4n) is 1.68. The summed E-state index contributed by atoms with van der Waals surface area (Å²) >= 11 is 6.15. The minimum Gasteiger partial charge on any atom is -0.364 e. The summed E-state index contributed by atoms with van der Waals surface area (Å²) in [5, 5.41) is 7.93. The minimum absolute atomic E-state index is 0.246. The average molecular weight is 280 g/mol. The van der Waals surface area contributed by atoms with Crippen LogP contribution in [0.25, 0.3) is 0 Å². The Labute approximate surface area is 118 Å². The summed E-state index contributed by atoms with van der Waals surface area (Å²) in [7, 11) is 1.91. The number of hydrogen-bond donors (Lipinski definition) is 1. The van der Waals surface area contributed by atoms with Crippen molar-refractivity contribution in [2.24, 2.45) is 7.05 Å². The Bertz CT molecular complexity index is 576. The van der Waals surface area contributed by atoms with Gasteiger partial charge in [0.1, 0.15) is 16.8 Å². The van der Waals surface area contributed by atoms with E-state index in [1.54, 1.807) is 6.20 Å². The third kappa shape index (κ3) is 3.04. The molecular weight excluding hydrogens is 262 g/mol. The number of aromatic nitrogens is 4. The van der Waals surface area contributed by atoms with Gasteiger partial charge in [0.15, 0.2) is 0 Å². The van der Waals surface area contributed by atoms with Crippen LogP contribution in [0.2, 0.25) is 5.15 Å². The second kappa shape index (κ2) is 5.57. The SMILES string of the molecule is Cc1c(Cl)nc(C(C)C)nc1NCc1ccnn1C. The highest BCUT2D eigenvalue weighted by molar-refractivity contribution is 6.30. The normalized spacial score (nSPS) is 11.1. The van der Waals surface area contributed by atoms with Crippen LogP contribution < -0.4 is 5.32 Å². The van der Waals surface area contributed by atoms with Crippen LogP contribution >= 0.6 is 11.6 Å². The summed E-state index contributed by atoms with van der Waals surface area (Å²) in [6.45, 7) is 6.66. The zero-order valence-corrected chi connectivity index (χ0v) is 12.4. The lowest BCUT2D eigenvalue weighted by Crippen LogP contribution is -2.10. The summed E-state index contributed by atoms with van der Waals surface area (Å²) in [5.74, 6) is 1.78. The number of nitrogens with one attached hydrogen (secondary N) is 1. The molecular formula is C13H18ClN5. The Hall–Kier alpha value is -1.62. The first-order valence-corrected chi connectivity index (χ1v) is 6.61. The molecule has 5 nitrogen and oxygen atoms in total. The zero-order chi connectivity index (χ0) is 14.0. The van der Waals surface area contributed by atoms with Crippen molar-refractivity contribution >= 4 is 17.4 Å². The van der Waals surface area contributed by atoms with Gasteiger partial charge in [-0.1, -0.05) is 25.4 Å². The molecule has 0 unspecified atom stereocenters.